The molecule has 39 heavy (non-hydrogen) atoms. The van der Waals surface area contributed by atoms with E-state index in [0.29, 0.717) is 0 Å². The van der Waals surface area contributed by atoms with Crippen LogP contribution in [0.5, 0.6) is 0 Å². The second kappa shape index (κ2) is 10.3. The van der Waals surface area contributed by atoms with Gasteiger partial charge in [-0.25, -0.2) is 9.97 Å². The summed E-state index contributed by atoms with van der Waals surface area (Å²) in [6.45, 7) is 6.06. The molecule has 1 aliphatic rings. The minimum atomic E-state index is -3.00. The molecule has 6 rings (SSSR count). The molecule has 5 aromatic rings. The van der Waals surface area contributed by atoms with Gasteiger partial charge in [0.1, 0.15) is 11.5 Å². The summed E-state index contributed by atoms with van der Waals surface area (Å²) >= 11 is 0. The lowest BCUT2D eigenvalue weighted by Crippen LogP contribution is -2.17. The normalized spacial score (nSPS) is 15.2. The number of aromatic nitrogens is 3. The maximum atomic E-state index is 14.7. The minimum absolute atomic E-state index is 0.828. The topological polar surface area (TPSA) is 47.3 Å². The molecule has 0 saturated heterocycles. The van der Waals surface area contributed by atoms with E-state index in [2.05, 4.69) is 53.8 Å². The van der Waals surface area contributed by atoms with Crippen molar-refractivity contribution in [1.29, 1.82) is 0 Å². The number of aryl methyl sites for hydroxylation is 2. The standard InChI is InChI=1S/C34H32N3OP/c1-4-12-26(5-2)39(38,27-13-8-7-9-14-27)28-20-17-24(18-21-28)25-19-22-30-29(23-25)34-36-31-15-10-11-16-32(31)37(34)33(6-3)35-30/h4-5,7-9,11-14,16-23H,6,10,15H2,1-3H3/b12-4-,26-5+. The third-order valence-electron chi connectivity index (χ3n) is 7.55. The van der Waals surface area contributed by atoms with Crippen molar-refractivity contribution in [2.45, 2.75) is 40.0 Å². The summed E-state index contributed by atoms with van der Waals surface area (Å²) in [6, 6.07) is 24.4. The fourth-order valence-corrected chi connectivity index (χ4v) is 8.39. The van der Waals surface area contributed by atoms with E-state index >= 15 is 0 Å². The number of nitrogens with zero attached hydrogens (tertiary/aromatic N) is 3. The van der Waals surface area contributed by atoms with Gasteiger partial charge in [0.25, 0.3) is 0 Å². The molecular weight excluding hydrogens is 497 g/mol. The molecular formula is C34H32N3OP. The molecule has 0 bridgehead atoms. The van der Waals surface area contributed by atoms with E-state index in [4.69, 9.17) is 9.97 Å². The lowest BCUT2D eigenvalue weighted by atomic mass is 10.0. The molecule has 1 aliphatic carbocycles. The third kappa shape index (κ3) is 4.20. The number of hydrogen-bond donors (Lipinski definition) is 0. The number of imidazole rings is 1. The molecule has 4 nitrogen and oxygen atoms in total. The smallest absolute Gasteiger partial charge is 0.170 e. The van der Waals surface area contributed by atoms with Gasteiger partial charge in [0.2, 0.25) is 0 Å². The molecule has 2 heterocycles. The van der Waals surface area contributed by atoms with E-state index in [1.165, 1.54) is 0 Å². The molecule has 0 fully saturated rings. The van der Waals surface area contributed by atoms with Crippen molar-refractivity contribution in [2.75, 3.05) is 0 Å². The summed E-state index contributed by atoms with van der Waals surface area (Å²) in [4.78, 5) is 10.1. The fourth-order valence-electron chi connectivity index (χ4n) is 5.61. The van der Waals surface area contributed by atoms with Crippen molar-refractivity contribution in [3.8, 4) is 11.1 Å². The first-order valence-corrected chi connectivity index (χ1v) is 15.4. The molecule has 1 unspecified atom stereocenters. The molecule has 0 spiro atoms. The Labute approximate surface area is 229 Å². The first-order chi connectivity index (χ1) is 19.1. The summed E-state index contributed by atoms with van der Waals surface area (Å²) in [7, 11) is -3.00. The lowest BCUT2D eigenvalue weighted by molar-refractivity contribution is 0.591. The third-order valence-corrected chi connectivity index (χ3v) is 10.7. The highest BCUT2D eigenvalue weighted by atomic mass is 31.2. The molecule has 2 aromatic heterocycles. The van der Waals surface area contributed by atoms with Crippen LogP contribution in [0.1, 0.15) is 44.4 Å². The van der Waals surface area contributed by atoms with Gasteiger partial charge in [-0.2, -0.15) is 0 Å². The highest BCUT2D eigenvalue weighted by molar-refractivity contribution is 7.82. The molecule has 0 radical (unpaired) electrons. The van der Waals surface area contributed by atoms with E-state index in [1.807, 2.05) is 74.5 Å². The van der Waals surface area contributed by atoms with E-state index in [1.54, 1.807) is 0 Å². The van der Waals surface area contributed by atoms with Gasteiger partial charge in [0, 0.05) is 27.7 Å². The Morgan fingerprint density at radius 2 is 1.69 bits per heavy atom. The zero-order chi connectivity index (χ0) is 27.0. The number of allylic oxidation sites excluding steroid dienone is 5. The molecule has 1 atom stereocenters. The van der Waals surface area contributed by atoms with Gasteiger partial charge >= 0.3 is 0 Å². The maximum absolute atomic E-state index is 14.7. The highest BCUT2D eigenvalue weighted by Gasteiger charge is 2.30. The zero-order valence-corrected chi connectivity index (χ0v) is 23.5. The van der Waals surface area contributed by atoms with E-state index in [-0.39, 0.29) is 0 Å². The van der Waals surface area contributed by atoms with Gasteiger partial charge in [0.15, 0.2) is 7.14 Å². The van der Waals surface area contributed by atoms with Crippen LogP contribution in [-0.2, 0) is 17.4 Å². The quantitative estimate of drug-likeness (QED) is 0.166. The number of hydrogen-bond acceptors (Lipinski definition) is 3. The van der Waals surface area contributed by atoms with Gasteiger partial charge in [-0.1, -0.05) is 91.9 Å². The van der Waals surface area contributed by atoms with Crippen molar-refractivity contribution in [3.63, 3.8) is 0 Å². The van der Waals surface area contributed by atoms with Crippen LogP contribution in [0.25, 0.3) is 33.8 Å². The molecule has 0 amide bonds. The lowest BCUT2D eigenvalue weighted by Gasteiger charge is -2.21. The van der Waals surface area contributed by atoms with E-state index in [9.17, 15) is 4.57 Å². The van der Waals surface area contributed by atoms with Crippen LogP contribution >= 0.6 is 7.14 Å². The summed E-state index contributed by atoms with van der Waals surface area (Å²) < 4.78 is 17.0. The van der Waals surface area contributed by atoms with Crippen molar-refractivity contribution in [1.82, 2.24) is 14.4 Å². The Bertz CT molecular complexity index is 1830. The summed E-state index contributed by atoms with van der Waals surface area (Å²) in [5, 5.41) is 3.56. The Hall–Kier alpha value is -4.01. The number of fused-ring (bicyclic) bond motifs is 5. The van der Waals surface area contributed by atoms with Crippen molar-refractivity contribution in [3.05, 3.63) is 120 Å². The predicted octanol–water partition coefficient (Wildman–Crippen LogP) is 7.87. The molecule has 194 valence electrons. The highest BCUT2D eigenvalue weighted by Crippen LogP contribution is 2.52. The zero-order valence-electron chi connectivity index (χ0n) is 22.6. The average Bonchev–Trinajstić information content (AvgIpc) is 3.39. The molecule has 5 heteroatoms. The van der Waals surface area contributed by atoms with Gasteiger partial charge in [-0.15, -0.1) is 0 Å². The van der Waals surface area contributed by atoms with Gasteiger partial charge in [0.05, 0.1) is 16.9 Å². The first-order valence-electron chi connectivity index (χ1n) is 13.6. The van der Waals surface area contributed by atoms with Crippen molar-refractivity contribution in [2.24, 2.45) is 0 Å². The Balaban J connectivity index is 1.47. The van der Waals surface area contributed by atoms with Crippen molar-refractivity contribution >= 4 is 40.4 Å². The molecule has 0 aliphatic heterocycles. The van der Waals surface area contributed by atoms with Gasteiger partial charge in [-0.05, 0) is 56.0 Å². The van der Waals surface area contributed by atoms with Crippen LogP contribution < -0.4 is 10.6 Å². The number of rotatable bonds is 6. The summed E-state index contributed by atoms with van der Waals surface area (Å²) in [5.74, 6) is 1.03. The monoisotopic (exact) mass is 529 g/mol. The van der Waals surface area contributed by atoms with Crippen LogP contribution in [0.15, 0.2) is 102 Å². The van der Waals surface area contributed by atoms with E-state index < -0.39 is 7.14 Å². The maximum Gasteiger partial charge on any atom is 0.170 e. The SMILES string of the molecule is C/C=C\C(=C/C)P(=O)(c1ccccc1)c1ccc(-c2ccc3nc(CC)n4c5c(nc4c3c2)CCC=C5)cc1. The van der Waals surface area contributed by atoms with Crippen LogP contribution in [-0.4, -0.2) is 14.4 Å². The van der Waals surface area contributed by atoms with Gasteiger partial charge < -0.3 is 4.57 Å². The molecule has 0 N–H and O–H groups in total. The molecule has 0 saturated carbocycles. The largest absolute Gasteiger partial charge is 0.309 e. The van der Waals surface area contributed by atoms with Crippen LogP contribution in [0.4, 0.5) is 0 Å². The fraction of sp³-hybridized carbons (Fsp3) is 0.176. The molecule has 3 aromatic carbocycles. The van der Waals surface area contributed by atoms with Crippen molar-refractivity contribution < 1.29 is 4.57 Å². The Kier molecular flexibility index (Phi) is 6.66. The predicted molar refractivity (Wildman–Crippen MR) is 165 cm³/mol. The van der Waals surface area contributed by atoms with Crippen LogP contribution in [0.2, 0.25) is 0 Å². The van der Waals surface area contributed by atoms with E-state index in [0.717, 1.165) is 80.1 Å². The second-order valence-corrected chi connectivity index (χ2v) is 12.6. The van der Waals surface area contributed by atoms with Gasteiger partial charge in [-0.3, -0.25) is 4.40 Å². The Morgan fingerprint density at radius 3 is 2.41 bits per heavy atom. The average molecular weight is 530 g/mol. The first kappa shape index (κ1) is 25.3. The summed E-state index contributed by atoms with van der Waals surface area (Å²) in [5.41, 5.74) is 6.41. The minimum Gasteiger partial charge on any atom is -0.309 e. The Morgan fingerprint density at radius 1 is 0.949 bits per heavy atom. The van der Waals surface area contributed by atoms with Crippen LogP contribution in [0, 0.1) is 0 Å². The van der Waals surface area contributed by atoms with Crippen LogP contribution in [0.3, 0.4) is 0 Å². The summed E-state index contributed by atoms with van der Waals surface area (Å²) in [6.07, 6.45) is 13.1. The number of benzene rings is 3. The second-order valence-electron chi connectivity index (χ2n) is 9.86.